The van der Waals surface area contributed by atoms with E-state index in [0.29, 0.717) is 0 Å². The van der Waals surface area contributed by atoms with Crippen molar-refractivity contribution < 1.29 is 29.8 Å². The molecule has 1 aromatic carbocycles. The summed E-state index contributed by atoms with van der Waals surface area (Å²) in [5.41, 5.74) is 1.04. The van der Waals surface area contributed by atoms with Crippen molar-refractivity contribution in [1.29, 1.82) is 0 Å². The Kier molecular flexibility index (Phi) is 4.88. The molecule has 0 saturated carbocycles. The van der Waals surface area contributed by atoms with Gasteiger partial charge in [-0.1, -0.05) is 6.07 Å². The molecule has 0 bridgehead atoms. The Morgan fingerprint density at radius 1 is 1.08 bits per heavy atom. The molecule has 0 saturated heterocycles. The average Bonchev–Trinajstić information content (AvgIpc) is 2.05. The number of ether oxygens (including phenoxy) is 2. The molecule has 3 heteroatoms. The molecule has 1 aromatic rings. The summed E-state index contributed by atoms with van der Waals surface area (Å²) in [6, 6.07) is 5.74. The molecule has 0 aliphatic rings. The third kappa shape index (κ3) is 2.20. The van der Waals surface area contributed by atoms with Gasteiger partial charge in [0.1, 0.15) is 11.5 Å². The van der Waals surface area contributed by atoms with Crippen molar-refractivity contribution in [1.82, 2.24) is 0 Å². The summed E-state index contributed by atoms with van der Waals surface area (Å²) in [6.07, 6.45) is 0. The summed E-state index contributed by atoms with van der Waals surface area (Å²) in [4.78, 5) is 0. The Labute approximate surface area is 86.5 Å². The van der Waals surface area contributed by atoms with Gasteiger partial charge in [0.05, 0.1) is 14.2 Å². The topological polar surface area (TPSA) is 18.5 Å². The Hall–Kier alpha value is -0.583. The van der Waals surface area contributed by atoms with Crippen molar-refractivity contribution in [3.63, 3.8) is 0 Å². The second-order valence-corrected chi connectivity index (χ2v) is 2.29. The van der Waals surface area contributed by atoms with Gasteiger partial charge in [0.25, 0.3) is 0 Å². The molecule has 0 radical (unpaired) electrons. The molecule has 0 aliphatic heterocycles. The van der Waals surface area contributed by atoms with Crippen molar-refractivity contribution in [2.45, 2.75) is 6.92 Å². The maximum absolute atomic E-state index is 5.11. The summed E-state index contributed by atoms with van der Waals surface area (Å²) in [7, 11) is 3.31. The fourth-order valence-corrected chi connectivity index (χ4v) is 1.04. The van der Waals surface area contributed by atoms with Crippen LogP contribution < -0.4 is 28.3 Å². The van der Waals surface area contributed by atoms with Crippen molar-refractivity contribution in [3.05, 3.63) is 23.8 Å². The Balaban J connectivity index is 0. The number of rotatable bonds is 2. The first-order chi connectivity index (χ1) is 5.29. The molecular weight excluding hydrogens is 147 g/mol. The monoisotopic (exact) mass is 160 g/mol. The minimum absolute atomic E-state index is 0. The molecule has 1 rings (SSSR count). The average molecular weight is 160 g/mol. The van der Waals surface area contributed by atoms with E-state index in [1.54, 1.807) is 14.2 Å². The maximum atomic E-state index is 5.11. The molecule has 12 heavy (non-hydrogen) atoms. The fraction of sp³-hybridized carbons (Fsp3) is 0.333. The molecule has 62 valence electrons. The molecule has 0 heterocycles. The van der Waals surface area contributed by atoms with Crippen molar-refractivity contribution in [3.8, 4) is 11.5 Å². The van der Waals surface area contributed by atoms with Crippen LogP contribution in [0.1, 0.15) is 6.99 Å². The first-order valence-corrected chi connectivity index (χ1v) is 3.47. The molecule has 0 fully saturated rings. The van der Waals surface area contributed by atoms with E-state index in [4.69, 9.17) is 9.47 Å². The standard InChI is InChI=1S/C9H12O2.Li.H/c1-7-8(10-2)5-4-6-9(7)11-3;;/h4-6H,1-3H3;;/q;+1;-1. The van der Waals surface area contributed by atoms with Gasteiger partial charge in [0, 0.05) is 5.56 Å². The summed E-state index contributed by atoms with van der Waals surface area (Å²) < 4.78 is 10.2. The minimum atomic E-state index is 0. The number of hydrogen-bond acceptors (Lipinski definition) is 2. The molecule has 2 nitrogen and oxygen atoms in total. The van der Waals surface area contributed by atoms with Crippen LogP contribution in [-0.4, -0.2) is 14.2 Å². The van der Waals surface area contributed by atoms with Gasteiger partial charge in [0.2, 0.25) is 0 Å². The third-order valence-electron chi connectivity index (χ3n) is 1.67. The van der Waals surface area contributed by atoms with Crippen molar-refractivity contribution in [2.75, 3.05) is 14.2 Å². The first-order valence-electron chi connectivity index (χ1n) is 3.47. The van der Waals surface area contributed by atoms with Crippen LogP contribution in [0.3, 0.4) is 0 Å². The first kappa shape index (κ1) is 11.4. The molecule has 0 aliphatic carbocycles. The molecular formula is C9H13LiO2. The van der Waals surface area contributed by atoms with Crippen LogP contribution >= 0.6 is 0 Å². The van der Waals surface area contributed by atoms with E-state index >= 15 is 0 Å². The number of hydrogen-bond donors (Lipinski definition) is 0. The van der Waals surface area contributed by atoms with Crippen molar-refractivity contribution in [2.24, 2.45) is 0 Å². The van der Waals surface area contributed by atoms with E-state index in [0.717, 1.165) is 17.1 Å². The molecule has 0 spiro atoms. The minimum Gasteiger partial charge on any atom is -1.00 e. The van der Waals surface area contributed by atoms with Gasteiger partial charge in [-0.3, -0.25) is 0 Å². The van der Waals surface area contributed by atoms with Crippen LogP contribution in [-0.2, 0) is 0 Å². The van der Waals surface area contributed by atoms with Gasteiger partial charge in [0.15, 0.2) is 0 Å². The van der Waals surface area contributed by atoms with Gasteiger partial charge < -0.3 is 10.9 Å². The van der Waals surface area contributed by atoms with Gasteiger partial charge >= 0.3 is 18.9 Å². The molecule has 0 aromatic heterocycles. The summed E-state index contributed by atoms with van der Waals surface area (Å²) >= 11 is 0. The van der Waals surface area contributed by atoms with Crippen molar-refractivity contribution >= 4 is 0 Å². The van der Waals surface area contributed by atoms with Gasteiger partial charge in [-0.15, -0.1) is 0 Å². The third-order valence-corrected chi connectivity index (χ3v) is 1.67. The van der Waals surface area contributed by atoms with E-state index < -0.39 is 0 Å². The Bertz CT molecular complexity index is 231. The van der Waals surface area contributed by atoms with E-state index in [-0.39, 0.29) is 20.3 Å². The van der Waals surface area contributed by atoms with E-state index in [1.807, 2.05) is 25.1 Å². The van der Waals surface area contributed by atoms with E-state index in [2.05, 4.69) is 0 Å². The van der Waals surface area contributed by atoms with Crippen LogP contribution in [0.25, 0.3) is 0 Å². The van der Waals surface area contributed by atoms with E-state index in [9.17, 15) is 0 Å². The SMILES string of the molecule is COc1cccc(OC)c1C.[H-].[Li+]. The van der Waals surface area contributed by atoms with Gasteiger partial charge in [-0.05, 0) is 19.1 Å². The Morgan fingerprint density at radius 2 is 1.50 bits per heavy atom. The summed E-state index contributed by atoms with van der Waals surface area (Å²) in [5.74, 6) is 1.73. The largest absolute Gasteiger partial charge is 1.00 e. The van der Waals surface area contributed by atoms with Crippen LogP contribution in [0.4, 0.5) is 0 Å². The van der Waals surface area contributed by atoms with Crippen LogP contribution in [0.2, 0.25) is 0 Å². The molecule has 0 atom stereocenters. The van der Waals surface area contributed by atoms with E-state index in [1.165, 1.54) is 0 Å². The predicted molar refractivity (Wildman–Crippen MR) is 45.4 cm³/mol. The predicted octanol–water partition coefficient (Wildman–Crippen LogP) is -0.871. The zero-order valence-corrected chi connectivity index (χ0v) is 8.05. The smallest absolute Gasteiger partial charge is 1.00 e. The van der Waals surface area contributed by atoms with Crippen LogP contribution in [0, 0.1) is 6.92 Å². The quantitative estimate of drug-likeness (QED) is 0.523. The zero-order chi connectivity index (χ0) is 8.27. The normalized spacial score (nSPS) is 8.58. The second-order valence-electron chi connectivity index (χ2n) is 2.29. The zero-order valence-electron chi connectivity index (χ0n) is 9.05. The molecule has 0 N–H and O–H groups in total. The maximum Gasteiger partial charge on any atom is 1.00 e. The fourth-order valence-electron chi connectivity index (χ4n) is 1.04. The second kappa shape index (κ2) is 5.13. The number of benzene rings is 1. The molecule has 0 unspecified atom stereocenters. The number of methoxy groups -OCH3 is 2. The van der Waals surface area contributed by atoms with Crippen LogP contribution in [0.15, 0.2) is 18.2 Å². The van der Waals surface area contributed by atoms with Gasteiger partial charge in [-0.2, -0.15) is 0 Å². The Morgan fingerprint density at radius 3 is 1.83 bits per heavy atom. The molecule has 0 amide bonds. The van der Waals surface area contributed by atoms with Crippen LogP contribution in [0.5, 0.6) is 11.5 Å². The summed E-state index contributed by atoms with van der Waals surface area (Å²) in [6.45, 7) is 1.97. The van der Waals surface area contributed by atoms with Gasteiger partial charge in [-0.25, -0.2) is 0 Å². The summed E-state index contributed by atoms with van der Waals surface area (Å²) in [5, 5.41) is 0.